The quantitative estimate of drug-likeness (QED) is 0.642. The van der Waals surface area contributed by atoms with E-state index in [0.29, 0.717) is 5.46 Å². The van der Waals surface area contributed by atoms with Crippen LogP contribution in [-0.2, 0) is 0 Å². The molecule has 0 aliphatic heterocycles. The molecule has 0 saturated heterocycles. The number of alkyl halides is 2. The number of benzene rings is 1. The van der Waals surface area contributed by atoms with Crippen molar-refractivity contribution >= 4 is 13.3 Å². The van der Waals surface area contributed by atoms with Crippen LogP contribution >= 0.6 is 0 Å². The minimum absolute atomic E-state index is 0. The van der Waals surface area contributed by atoms with Gasteiger partial charge in [-0.1, -0.05) is 0 Å². The minimum atomic E-state index is -2.79. The predicted octanol–water partition coefficient (Wildman–Crippen LogP) is 0.728. The second kappa shape index (κ2) is 6.39. The third-order valence-corrected chi connectivity index (χ3v) is 1.08. The monoisotopic (exact) mass is 188 g/mol. The molecular weight excluding hydrogens is 181 g/mol. The summed E-state index contributed by atoms with van der Waals surface area (Å²) in [6.45, 7) is -2.79. The largest absolute Gasteiger partial charge is 0.870 e. The van der Waals surface area contributed by atoms with Gasteiger partial charge in [-0.25, -0.2) is 0 Å². The van der Waals surface area contributed by atoms with Crippen LogP contribution in [0.2, 0.25) is 0 Å². The molecule has 0 unspecified atom stereocenters. The maximum Gasteiger partial charge on any atom is -0.870 e. The van der Waals surface area contributed by atoms with Gasteiger partial charge in [0.2, 0.25) is 0 Å². The zero-order valence-corrected chi connectivity index (χ0v) is 6.52. The molecule has 0 bridgehead atoms. The Labute approximate surface area is 75.4 Å². The predicted molar refractivity (Wildman–Crippen MR) is 42.3 cm³/mol. The van der Waals surface area contributed by atoms with Gasteiger partial charge in [-0.2, -0.15) is 0 Å². The van der Waals surface area contributed by atoms with Crippen molar-refractivity contribution in [2.24, 2.45) is 0 Å². The number of halogens is 2. The van der Waals surface area contributed by atoms with E-state index in [1.807, 2.05) is 0 Å². The summed E-state index contributed by atoms with van der Waals surface area (Å²) in [4.78, 5) is 0. The van der Waals surface area contributed by atoms with Crippen LogP contribution in [0, 0.1) is 0 Å². The summed E-state index contributed by atoms with van der Waals surface area (Å²) in [5.74, 6) is 0.0833. The first-order chi connectivity index (χ1) is 5.18. The van der Waals surface area contributed by atoms with Crippen LogP contribution in [0.4, 0.5) is 8.78 Å². The first kappa shape index (κ1) is 14.4. The van der Waals surface area contributed by atoms with E-state index in [1.165, 1.54) is 12.1 Å². The van der Waals surface area contributed by atoms with Crippen molar-refractivity contribution in [3.05, 3.63) is 24.3 Å². The molecule has 0 spiro atoms. The van der Waals surface area contributed by atoms with E-state index in [9.17, 15) is 8.78 Å². The van der Waals surface area contributed by atoms with E-state index < -0.39 is 6.61 Å². The Hall–Kier alpha value is -1.14. The van der Waals surface area contributed by atoms with Gasteiger partial charge in [0.05, 0.1) is 0 Å². The zero-order chi connectivity index (χ0) is 8.27. The Kier molecular flexibility index (Phi) is 7.07. The van der Waals surface area contributed by atoms with Crippen LogP contribution in [0.1, 0.15) is 0 Å². The average molecular weight is 188 g/mol. The minimum Gasteiger partial charge on any atom is -0.870 e. The Morgan fingerprint density at radius 2 is 1.85 bits per heavy atom. The van der Waals surface area contributed by atoms with Crippen molar-refractivity contribution in [1.29, 1.82) is 0 Å². The molecule has 1 aromatic rings. The topological polar surface area (TPSA) is 69.2 Å². The molecule has 0 radical (unpaired) electrons. The maximum atomic E-state index is 11.6. The molecule has 6 heteroatoms. The molecule has 0 atom stereocenters. The molecule has 0 fully saturated rings. The van der Waals surface area contributed by atoms with Crippen molar-refractivity contribution in [2.45, 2.75) is 6.61 Å². The number of rotatable bonds is 2. The summed E-state index contributed by atoms with van der Waals surface area (Å²) in [6, 6.07) is 5.90. The second-order valence-electron chi connectivity index (χ2n) is 1.95. The molecule has 2 N–H and O–H groups in total. The van der Waals surface area contributed by atoms with Gasteiger partial charge in [0, 0.05) is 0 Å². The third kappa shape index (κ3) is 5.16. The zero-order valence-electron chi connectivity index (χ0n) is 6.52. The number of hydrogen-bond donors (Lipinski definition) is 0. The maximum absolute atomic E-state index is 11.6. The molecule has 13 heavy (non-hydrogen) atoms. The van der Waals surface area contributed by atoms with Gasteiger partial charge >= 0.3 is 63.5 Å². The molecule has 0 saturated carbocycles. The first-order valence-electron chi connectivity index (χ1n) is 2.99. The molecule has 0 aromatic heterocycles. The Morgan fingerprint density at radius 1 is 1.23 bits per heavy atom. The summed E-state index contributed by atoms with van der Waals surface area (Å²) in [5.41, 5.74) is 0.406. The fourth-order valence-corrected chi connectivity index (χ4v) is 0.691. The summed E-state index contributed by atoms with van der Waals surface area (Å²) < 4.78 is 27.3. The summed E-state index contributed by atoms with van der Waals surface area (Å²) in [6.07, 6.45) is 0. The van der Waals surface area contributed by atoms with Gasteiger partial charge in [-0.15, -0.1) is 0 Å². The number of ether oxygens (including phenoxy) is 1. The first-order valence-corrected chi connectivity index (χ1v) is 2.99. The normalized spacial score (nSPS) is 8.69. The fourth-order valence-electron chi connectivity index (χ4n) is 0.691. The van der Waals surface area contributed by atoms with Crippen molar-refractivity contribution in [2.75, 3.05) is 0 Å². The summed E-state index contributed by atoms with van der Waals surface area (Å²) >= 11 is 0. The van der Waals surface area contributed by atoms with E-state index in [-0.39, 0.29) is 16.7 Å². The van der Waals surface area contributed by atoms with Crippen LogP contribution < -0.4 is 10.2 Å². The third-order valence-electron chi connectivity index (χ3n) is 1.08. The molecule has 1 aromatic carbocycles. The van der Waals surface area contributed by atoms with E-state index >= 15 is 0 Å². The second-order valence-corrected chi connectivity index (χ2v) is 1.95. The van der Waals surface area contributed by atoms with E-state index in [1.54, 1.807) is 12.1 Å². The van der Waals surface area contributed by atoms with Crippen molar-refractivity contribution in [1.82, 2.24) is 0 Å². The molecule has 0 aliphatic rings. The van der Waals surface area contributed by atoms with Gasteiger partial charge in [0.1, 0.15) is 0 Å². The molecular formula is C7H7BF2O3. The van der Waals surface area contributed by atoms with Crippen molar-refractivity contribution in [3.8, 4) is 5.75 Å². The Bertz CT molecular complexity index is 245. The van der Waals surface area contributed by atoms with E-state index in [4.69, 9.17) is 7.85 Å². The molecule has 70 valence electrons. The van der Waals surface area contributed by atoms with Gasteiger partial charge in [0.15, 0.2) is 0 Å². The van der Waals surface area contributed by atoms with Crippen LogP contribution in [0.25, 0.3) is 0 Å². The average Bonchev–Trinajstić information content (AvgIpc) is 1.85. The Balaban J connectivity index is 0. The SMILES string of the molecule is [B+2]c1cccc(OC(F)F)c1.[OH-].[OH-]. The van der Waals surface area contributed by atoms with Crippen molar-refractivity contribution < 1.29 is 24.5 Å². The van der Waals surface area contributed by atoms with Crippen LogP contribution in [0.15, 0.2) is 24.3 Å². The van der Waals surface area contributed by atoms with Crippen LogP contribution in [-0.4, -0.2) is 25.4 Å². The molecule has 3 nitrogen and oxygen atoms in total. The fraction of sp³-hybridized carbons (Fsp3) is 0.143. The Morgan fingerprint density at radius 3 is 2.31 bits per heavy atom. The van der Waals surface area contributed by atoms with Gasteiger partial charge < -0.3 is 11.0 Å². The van der Waals surface area contributed by atoms with Crippen LogP contribution in [0.3, 0.4) is 0 Å². The van der Waals surface area contributed by atoms with E-state index in [2.05, 4.69) is 4.74 Å². The smallest absolute Gasteiger partial charge is 0.870 e. The molecule has 0 heterocycles. The molecule has 0 aliphatic carbocycles. The summed E-state index contributed by atoms with van der Waals surface area (Å²) in [5, 5.41) is 0. The van der Waals surface area contributed by atoms with Gasteiger partial charge in [-0.05, 0) is 0 Å². The van der Waals surface area contributed by atoms with Gasteiger partial charge in [-0.3, -0.25) is 0 Å². The standard InChI is InChI=1S/C7H5BF2O.2H2O/c8-5-2-1-3-6(4-5)11-7(9)10;;/h1-4,7H;2*1H2/q+2;;/p-2. The molecule has 1 rings (SSSR count). The van der Waals surface area contributed by atoms with E-state index in [0.717, 1.165) is 0 Å². The van der Waals surface area contributed by atoms with Crippen LogP contribution in [0.5, 0.6) is 5.75 Å². The van der Waals surface area contributed by atoms with Crippen molar-refractivity contribution in [3.63, 3.8) is 0 Å². The summed E-state index contributed by atoms with van der Waals surface area (Å²) in [7, 11) is 5.31. The van der Waals surface area contributed by atoms with Gasteiger partial charge in [0.25, 0.3) is 0 Å². The number of hydrogen-bond acceptors (Lipinski definition) is 3. The molecule has 0 amide bonds.